The van der Waals surface area contributed by atoms with E-state index in [-0.39, 0.29) is 11.9 Å². The number of carbonyl (C=O) groups excluding carboxylic acids is 1. The lowest BCUT2D eigenvalue weighted by atomic mass is 9.86. The predicted molar refractivity (Wildman–Crippen MR) is 109 cm³/mol. The molecule has 27 heavy (non-hydrogen) atoms. The Hall–Kier alpha value is -1.99. The van der Waals surface area contributed by atoms with Crippen molar-refractivity contribution in [2.75, 3.05) is 0 Å². The summed E-state index contributed by atoms with van der Waals surface area (Å²) in [4.78, 5) is 17.8. The van der Waals surface area contributed by atoms with Gasteiger partial charge in [0.05, 0.1) is 11.1 Å². The molecule has 5 nitrogen and oxygen atoms in total. The van der Waals surface area contributed by atoms with Crippen LogP contribution in [0.1, 0.15) is 48.0 Å². The summed E-state index contributed by atoms with van der Waals surface area (Å²) >= 11 is 2.99. The zero-order valence-electron chi connectivity index (χ0n) is 15.4. The Morgan fingerprint density at radius 2 is 2.04 bits per heavy atom. The minimum atomic E-state index is -0.0114. The highest BCUT2D eigenvalue weighted by Gasteiger charge is 2.24. The van der Waals surface area contributed by atoms with Crippen LogP contribution in [0.5, 0.6) is 0 Å². The van der Waals surface area contributed by atoms with E-state index in [1.807, 2.05) is 37.3 Å². The molecule has 0 bridgehead atoms. The lowest BCUT2D eigenvalue weighted by Gasteiger charge is -2.29. The van der Waals surface area contributed by atoms with Gasteiger partial charge >= 0.3 is 0 Å². The average molecular weight is 399 g/mol. The minimum Gasteiger partial charge on any atom is -0.349 e. The van der Waals surface area contributed by atoms with Gasteiger partial charge in [0.25, 0.3) is 5.91 Å². The fourth-order valence-corrected chi connectivity index (χ4v) is 5.36. The van der Waals surface area contributed by atoms with Gasteiger partial charge in [-0.2, -0.15) is 0 Å². The van der Waals surface area contributed by atoms with Crippen molar-refractivity contribution >= 4 is 39.9 Å². The summed E-state index contributed by atoms with van der Waals surface area (Å²) in [5.41, 5.74) is 1.51. The van der Waals surface area contributed by atoms with Crippen molar-refractivity contribution in [2.45, 2.75) is 54.9 Å². The molecular formula is C20H22N4OS2. The number of pyridine rings is 1. The third kappa shape index (κ3) is 4.14. The van der Waals surface area contributed by atoms with Gasteiger partial charge in [0, 0.05) is 11.4 Å². The third-order valence-corrected chi connectivity index (χ3v) is 6.87. The number of rotatable bonds is 4. The van der Waals surface area contributed by atoms with Crippen LogP contribution >= 0.6 is 23.1 Å². The lowest BCUT2D eigenvalue weighted by molar-refractivity contribution is 0.0911. The Morgan fingerprint density at radius 3 is 2.81 bits per heavy atom. The van der Waals surface area contributed by atoms with Gasteiger partial charge in [-0.3, -0.25) is 4.79 Å². The van der Waals surface area contributed by atoms with Crippen LogP contribution in [0.4, 0.5) is 0 Å². The van der Waals surface area contributed by atoms with Gasteiger partial charge in [-0.1, -0.05) is 49.3 Å². The van der Waals surface area contributed by atoms with Crippen LogP contribution in [0.15, 0.2) is 39.7 Å². The number of hydrogen-bond donors (Lipinski definition) is 1. The fourth-order valence-electron chi connectivity index (χ4n) is 3.58. The van der Waals surface area contributed by atoms with Crippen molar-refractivity contribution in [3.05, 3.63) is 40.9 Å². The third-order valence-electron chi connectivity index (χ3n) is 5.06. The van der Waals surface area contributed by atoms with Crippen molar-refractivity contribution in [1.29, 1.82) is 0 Å². The molecule has 2 heterocycles. The number of benzene rings is 1. The molecule has 4 rings (SSSR count). The van der Waals surface area contributed by atoms with E-state index in [1.165, 1.54) is 42.4 Å². The molecule has 1 N–H and O–H groups in total. The molecule has 2 atom stereocenters. The van der Waals surface area contributed by atoms with E-state index >= 15 is 0 Å². The molecule has 140 valence electrons. The van der Waals surface area contributed by atoms with Crippen LogP contribution in [0, 0.1) is 12.8 Å². The SMILES string of the molecule is Cc1nnc(Sc2cc(C(=O)N[C@@H]3CCCC[C@@H]3C)c3ccccc3n2)s1. The Bertz CT molecular complexity index is 972. The van der Waals surface area contributed by atoms with Crippen molar-refractivity contribution < 1.29 is 4.79 Å². The first kappa shape index (κ1) is 18.4. The molecule has 0 aliphatic heterocycles. The Balaban J connectivity index is 1.66. The summed E-state index contributed by atoms with van der Waals surface area (Å²) in [5, 5.41) is 14.1. The van der Waals surface area contributed by atoms with E-state index in [0.29, 0.717) is 11.5 Å². The molecule has 1 aliphatic rings. The average Bonchev–Trinajstić information content (AvgIpc) is 3.07. The topological polar surface area (TPSA) is 67.8 Å². The van der Waals surface area contributed by atoms with Crippen molar-refractivity contribution in [3.8, 4) is 0 Å². The number of aryl methyl sites for hydroxylation is 1. The van der Waals surface area contributed by atoms with E-state index in [0.717, 1.165) is 31.7 Å². The fraction of sp³-hybridized carbons (Fsp3) is 0.400. The highest BCUT2D eigenvalue weighted by atomic mass is 32.2. The molecular weight excluding hydrogens is 376 g/mol. The maximum absolute atomic E-state index is 13.1. The standard InChI is InChI=1S/C20H22N4OS2/c1-12-7-3-5-9-16(12)22-19(25)15-11-18(27-20-24-23-13(2)26-20)21-17-10-6-4-8-14(15)17/h4,6,8,10-12,16H,3,5,7,9H2,1-2H3,(H,22,25)/t12-,16+/m0/s1. The van der Waals surface area contributed by atoms with Crippen LogP contribution in [-0.2, 0) is 0 Å². The monoisotopic (exact) mass is 398 g/mol. The minimum absolute atomic E-state index is 0.0114. The van der Waals surface area contributed by atoms with Crippen LogP contribution in [0.25, 0.3) is 10.9 Å². The highest BCUT2D eigenvalue weighted by molar-refractivity contribution is 8.01. The van der Waals surface area contributed by atoms with Gasteiger partial charge in [-0.15, -0.1) is 10.2 Å². The van der Waals surface area contributed by atoms with Gasteiger partial charge in [0.15, 0.2) is 4.34 Å². The van der Waals surface area contributed by atoms with E-state index in [9.17, 15) is 4.79 Å². The molecule has 1 amide bonds. The number of para-hydroxylation sites is 1. The maximum atomic E-state index is 13.1. The smallest absolute Gasteiger partial charge is 0.252 e. The molecule has 1 aliphatic carbocycles. The van der Waals surface area contributed by atoms with Crippen LogP contribution in [0.2, 0.25) is 0 Å². The summed E-state index contributed by atoms with van der Waals surface area (Å²) in [6.45, 7) is 4.16. The van der Waals surface area contributed by atoms with E-state index in [4.69, 9.17) is 4.98 Å². The van der Waals surface area contributed by atoms with Crippen LogP contribution < -0.4 is 5.32 Å². The van der Waals surface area contributed by atoms with Gasteiger partial charge in [-0.25, -0.2) is 4.98 Å². The lowest BCUT2D eigenvalue weighted by Crippen LogP contribution is -2.41. The normalized spacial score (nSPS) is 19.9. The number of nitrogens with zero attached hydrogens (tertiary/aromatic N) is 3. The second-order valence-electron chi connectivity index (χ2n) is 7.06. The van der Waals surface area contributed by atoms with Crippen LogP contribution in [-0.4, -0.2) is 27.1 Å². The molecule has 0 spiro atoms. The first-order valence-electron chi connectivity index (χ1n) is 9.29. The van der Waals surface area contributed by atoms with Gasteiger partial charge < -0.3 is 5.32 Å². The second-order valence-corrected chi connectivity index (χ2v) is 9.51. The Kier molecular flexibility index (Phi) is 5.41. The molecule has 0 unspecified atom stereocenters. The summed E-state index contributed by atoms with van der Waals surface area (Å²) in [5.74, 6) is 0.511. The van der Waals surface area contributed by atoms with E-state index in [1.54, 1.807) is 0 Å². The number of amides is 1. The van der Waals surface area contributed by atoms with E-state index < -0.39 is 0 Å². The number of hydrogen-bond acceptors (Lipinski definition) is 6. The van der Waals surface area contributed by atoms with E-state index in [2.05, 4.69) is 22.4 Å². The summed E-state index contributed by atoms with van der Waals surface area (Å²) in [6.07, 6.45) is 4.68. The number of nitrogens with one attached hydrogen (secondary N) is 1. The van der Waals surface area contributed by atoms with Crippen molar-refractivity contribution in [2.24, 2.45) is 5.92 Å². The van der Waals surface area contributed by atoms with Gasteiger partial charge in [-0.05, 0) is 49.6 Å². The highest BCUT2D eigenvalue weighted by Crippen LogP contribution is 2.32. The zero-order chi connectivity index (χ0) is 18.8. The second kappa shape index (κ2) is 7.94. The first-order valence-corrected chi connectivity index (χ1v) is 10.9. The number of fused-ring (bicyclic) bond motifs is 1. The summed E-state index contributed by atoms with van der Waals surface area (Å²) < 4.78 is 0.836. The number of carbonyl (C=O) groups is 1. The van der Waals surface area contributed by atoms with Gasteiger partial charge in [0.1, 0.15) is 10.0 Å². The maximum Gasteiger partial charge on any atom is 0.252 e. The first-order chi connectivity index (χ1) is 13.1. The molecule has 1 fully saturated rings. The van der Waals surface area contributed by atoms with Crippen molar-refractivity contribution in [1.82, 2.24) is 20.5 Å². The predicted octanol–water partition coefficient (Wildman–Crippen LogP) is 4.85. The molecule has 2 aromatic heterocycles. The summed E-state index contributed by atoms with van der Waals surface area (Å²) in [6, 6.07) is 9.94. The Morgan fingerprint density at radius 1 is 1.22 bits per heavy atom. The molecule has 3 aromatic rings. The van der Waals surface area contributed by atoms with Gasteiger partial charge in [0.2, 0.25) is 0 Å². The molecule has 1 saturated carbocycles. The molecule has 0 radical (unpaired) electrons. The van der Waals surface area contributed by atoms with Crippen molar-refractivity contribution in [3.63, 3.8) is 0 Å². The van der Waals surface area contributed by atoms with Crippen LogP contribution in [0.3, 0.4) is 0 Å². The summed E-state index contributed by atoms with van der Waals surface area (Å²) in [7, 11) is 0. The Labute approximate surface area is 167 Å². The largest absolute Gasteiger partial charge is 0.349 e. The quantitative estimate of drug-likeness (QED) is 0.680. The molecule has 1 aromatic carbocycles. The number of aromatic nitrogens is 3. The molecule has 0 saturated heterocycles. The zero-order valence-corrected chi connectivity index (χ0v) is 17.1. The molecule has 7 heteroatoms.